The van der Waals surface area contributed by atoms with E-state index in [2.05, 4.69) is 25.2 Å². The Kier molecular flexibility index (Phi) is 4.62. The van der Waals surface area contributed by atoms with Crippen LogP contribution in [0.25, 0.3) is 0 Å². The summed E-state index contributed by atoms with van der Waals surface area (Å²) in [7, 11) is 0. The van der Waals surface area contributed by atoms with Gasteiger partial charge in [-0.2, -0.15) is 5.26 Å². The number of nitriles is 1. The monoisotopic (exact) mass is 290 g/mol. The van der Waals surface area contributed by atoms with Crippen molar-refractivity contribution < 1.29 is 4.74 Å². The molecule has 0 spiro atoms. The summed E-state index contributed by atoms with van der Waals surface area (Å²) in [6.07, 6.45) is 3.30. The zero-order valence-electron chi connectivity index (χ0n) is 12.6. The average molecular weight is 290 g/mol. The van der Waals surface area contributed by atoms with E-state index in [9.17, 15) is 5.26 Å². The number of nitrogens with one attached hydrogen (secondary N) is 1. The van der Waals surface area contributed by atoms with Crippen LogP contribution in [0.15, 0.2) is 23.1 Å². The predicted octanol–water partition coefficient (Wildman–Crippen LogP) is 3.90. The average Bonchev–Trinajstić information content (AvgIpc) is 2.45. The Hall–Kier alpha value is -1.18. The fraction of sp³-hybridized carbons (Fsp3) is 0.562. The van der Waals surface area contributed by atoms with Crippen LogP contribution in [0.4, 0.5) is 5.69 Å². The predicted molar refractivity (Wildman–Crippen MR) is 84.2 cm³/mol. The van der Waals surface area contributed by atoms with Gasteiger partial charge in [-0.25, -0.2) is 0 Å². The number of anilines is 1. The molecule has 1 saturated carbocycles. The van der Waals surface area contributed by atoms with E-state index in [1.54, 1.807) is 11.8 Å². The maximum absolute atomic E-state index is 9.37. The van der Waals surface area contributed by atoms with Crippen molar-refractivity contribution in [2.45, 2.75) is 44.2 Å². The second kappa shape index (κ2) is 6.07. The van der Waals surface area contributed by atoms with Crippen LogP contribution >= 0.6 is 11.8 Å². The number of thioether (sulfide) groups is 1. The molecule has 4 heteroatoms. The molecule has 1 aliphatic rings. The van der Waals surface area contributed by atoms with E-state index in [1.165, 1.54) is 0 Å². The summed E-state index contributed by atoms with van der Waals surface area (Å²) in [5.74, 6) is 0. The minimum atomic E-state index is 0.0953. The van der Waals surface area contributed by atoms with E-state index < -0.39 is 0 Å². The van der Waals surface area contributed by atoms with Gasteiger partial charge >= 0.3 is 0 Å². The molecule has 0 radical (unpaired) electrons. The van der Waals surface area contributed by atoms with Gasteiger partial charge in [-0.05, 0) is 31.7 Å². The zero-order chi connectivity index (χ0) is 14.8. The lowest BCUT2D eigenvalue weighted by molar-refractivity contribution is -0.0976. The minimum Gasteiger partial charge on any atom is -0.380 e. The van der Waals surface area contributed by atoms with Gasteiger partial charge in [0.05, 0.1) is 17.4 Å². The summed E-state index contributed by atoms with van der Waals surface area (Å²) in [5, 5.41) is 12.9. The van der Waals surface area contributed by atoms with Crippen molar-refractivity contribution in [1.29, 1.82) is 5.26 Å². The Balaban J connectivity index is 2.15. The molecule has 0 saturated heterocycles. The Labute approximate surface area is 125 Å². The van der Waals surface area contributed by atoms with Gasteiger partial charge in [0.2, 0.25) is 0 Å². The molecule has 0 aromatic heterocycles. The summed E-state index contributed by atoms with van der Waals surface area (Å²) in [6, 6.07) is 8.65. The van der Waals surface area contributed by atoms with Crippen LogP contribution in [0.1, 0.15) is 32.8 Å². The molecule has 0 heterocycles. The molecule has 3 nitrogen and oxygen atoms in total. The second-order valence-electron chi connectivity index (χ2n) is 5.69. The molecule has 0 aliphatic heterocycles. The quantitative estimate of drug-likeness (QED) is 0.835. The van der Waals surface area contributed by atoms with Gasteiger partial charge in [0, 0.05) is 23.0 Å². The van der Waals surface area contributed by atoms with Crippen LogP contribution in [0, 0.1) is 16.7 Å². The van der Waals surface area contributed by atoms with Crippen LogP contribution < -0.4 is 5.32 Å². The first-order valence-electron chi connectivity index (χ1n) is 6.99. The topological polar surface area (TPSA) is 45.0 Å². The molecule has 0 bridgehead atoms. The van der Waals surface area contributed by atoms with Crippen molar-refractivity contribution >= 4 is 17.4 Å². The fourth-order valence-corrected chi connectivity index (χ4v) is 3.31. The molecular formula is C16H22N2OS. The Morgan fingerprint density at radius 1 is 1.50 bits per heavy atom. The Bertz CT molecular complexity index is 522. The van der Waals surface area contributed by atoms with Crippen molar-refractivity contribution in [2.75, 3.05) is 18.2 Å². The third-order valence-electron chi connectivity index (χ3n) is 4.23. The highest BCUT2D eigenvalue weighted by molar-refractivity contribution is 7.98. The maximum Gasteiger partial charge on any atom is 0.102 e. The van der Waals surface area contributed by atoms with Gasteiger partial charge in [0.15, 0.2) is 0 Å². The van der Waals surface area contributed by atoms with Crippen LogP contribution in [0.3, 0.4) is 0 Å². The van der Waals surface area contributed by atoms with Gasteiger partial charge in [-0.3, -0.25) is 0 Å². The largest absolute Gasteiger partial charge is 0.380 e. The normalized spacial score (nSPS) is 23.8. The van der Waals surface area contributed by atoms with E-state index in [0.717, 1.165) is 29.2 Å². The number of rotatable bonds is 5. The zero-order valence-corrected chi connectivity index (χ0v) is 13.4. The molecule has 1 aliphatic carbocycles. The highest BCUT2D eigenvalue weighted by atomic mass is 32.2. The standard InChI is InChI=1S/C16H22N2OS/c1-5-19-15-9-14(16(15,2)3)18-12-7-6-8-13(20-4)11(12)10-17/h6-8,14-15,18H,5,9H2,1-4H3. The number of hydrogen-bond acceptors (Lipinski definition) is 4. The highest BCUT2D eigenvalue weighted by Gasteiger charge is 2.49. The van der Waals surface area contributed by atoms with Gasteiger partial charge in [-0.15, -0.1) is 11.8 Å². The molecule has 1 aromatic carbocycles. The lowest BCUT2D eigenvalue weighted by atomic mass is 9.64. The minimum absolute atomic E-state index is 0.0953. The van der Waals surface area contributed by atoms with Crippen molar-refractivity contribution in [2.24, 2.45) is 5.41 Å². The summed E-state index contributed by atoms with van der Waals surface area (Å²) in [6.45, 7) is 7.23. The molecule has 0 amide bonds. The lowest BCUT2D eigenvalue weighted by Crippen LogP contribution is -2.58. The molecule has 20 heavy (non-hydrogen) atoms. The van der Waals surface area contributed by atoms with Crippen LogP contribution in [-0.2, 0) is 4.74 Å². The lowest BCUT2D eigenvalue weighted by Gasteiger charge is -2.52. The highest BCUT2D eigenvalue weighted by Crippen LogP contribution is 2.44. The molecular weight excluding hydrogens is 268 g/mol. The maximum atomic E-state index is 9.37. The van der Waals surface area contributed by atoms with Crippen molar-refractivity contribution in [3.8, 4) is 6.07 Å². The molecule has 108 valence electrons. The van der Waals surface area contributed by atoms with Gasteiger partial charge < -0.3 is 10.1 Å². The third-order valence-corrected chi connectivity index (χ3v) is 5.01. The van der Waals surface area contributed by atoms with Crippen molar-refractivity contribution in [3.63, 3.8) is 0 Å². The van der Waals surface area contributed by atoms with E-state index >= 15 is 0 Å². The van der Waals surface area contributed by atoms with Gasteiger partial charge in [0.25, 0.3) is 0 Å². The molecule has 2 unspecified atom stereocenters. The number of ether oxygens (including phenoxy) is 1. The fourth-order valence-electron chi connectivity index (χ4n) is 2.74. The van der Waals surface area contributed by atoms with Crippen molar-refractivity contribution in [1.82, 2.24) is 0 Å². The third kappa shape index (κ3) is 2.65. The smallest absolute Gasteiger partial charge is 0.102 e. The number of benzene rings is 1. The van der Waals surface area contributed by atoms with E-state index in [4.69, 9.17) is 4.74 Å². The van der Waals surface area contributed by atoms with Crippen LogP contribution in [0.5, 0.6) is 0 Å². The van der Waals surface area contributed by atoms with E-state index in [-0.39, 0.29) is 5.41 Å². The molecule has 1 aromatic rings. The second-order valence-corrected chi connectivity index (χ2v) is 6.54. The SMILES string of the molecule is CCOC1CC(Nc2cccc(SC)c2C#N)C1(C)C. The molecule has 2 atom stereocenters. The van der Waals surface area contributed by atoms with Gasteiger partial charge in [-0.1, -0.05) is 19.9 Å². The van der Waals surface area contributed by atoms with E-state index in [0.29, 0.717) is 12.1 Å². The van der Waals surface area contributed by atoms with Crippen LogP contribution in [0.2, 0.25) is 0 Å². The van der Waals surface area contributed by atoms with Gasteiger partial charge in [0.1, 0.15) is 6.07 Å². The van der Waals surface area contributed by atoms with E-state index in [1.807, 2.05) is 31.4 Å². The summed E-state index contributed by atoms with van der Waals surface area (Å²) < 4.78 is 5.75. The first-order valence-corrected chi connectivity index (χ1v) is 8.22. The van der Waals surface area contributed by atoms with Crippen LogP contribution in [-0.4, -0.2) is 25.0 Å². The Morgan fingerprint density at radius 2 is 2.25 bits per heavy atom. The number of nitrogens with zero attached hydrogens (tertiary/aromatic N) is 1. The summed E-state index contributed by atoms with van der Waals surface area (Å²) >= 11 is 1.61. The molecule has 1 fully saturated rings. The summed E-state index contributed by atoms with van der Waals surface area (Å²) in [5.41, 5.74) is 1.78. The molecule has 1 N–H and O–H groups in total. The molecule has 2 rings (SSSR count). The first-order chi connectivity index (χ1) is 9.54. The van der Waals surface area contributed by atoms with Crippen molar-refractivity contribution in [3.05, 3.63) is 23.8 Å². The Morgan fingerprint density at radius 3 is 2.80 bits per heavy atom. The number of hydrogen-bond donors (Lipinski definition) is 1. The summed E-state index contributed by atoms with van der Waals surface area (Å²) in [4.78, 5) is 1.02. The first kappa shape index (κ1) is 15.2.